The molecule has 2 aliphatic heterocycles. The van der Waals surface area contributed by atoms with Crippen LogP contribution in [0.1, 0.15) is 78.4 Å². The maximum Gasteiger partial charge on any atom is 0.335 e. The van der Waals surface area contributed by atoms with Gasteiger partial charge in [-0.3, -0.25) is 33.7 Å². The largest absolute Gasteiger partial charge is 0.479 e. The number of aliphatic hydroxyl groups excluding tert-OH is 3. The Labute approximate surface area is 318 Å². The van der Waals surface area contributed by atoms with Gasteiger partial charge in [0, 0.05) is 41.9 Å². The Bertz CT molecular complexity index is 1710. The fourth-order valence-electron chi connectivity index (χ4n) is 5.39. The monoisotopic (exact) mass is 770 g/mol. The number of aliphatic hydroxyl groups is 3. The molecule has 17 nitrogen and oxygen atoms in total. The summed E-state index contributed by atoms with van der Waals surface area (Å²) in [6.07, 6.45) is -4.86. The van der Waals surface area contributed by atoms with E-state index in [9.17, 15) is 54.0 Å². The van der Waals surface area contributed by atoms with Crippen LogP contribution < -0.4 is 16.0 Å². The summed E-state index contributed by atoms with van der Waals surface area (Å²) in [7, 11) is 0. The molecule has 5 amide bonds. The summed E-state index contributed by atoms with van der Waals surface area (Å²) in [5, 5.41) is 48.0. The van der Waals surface area contributed by atoms with E-state index in [1.807, 2.05) is 0 Å². The van der Waals surface area contributed by atoms with Crippen molar-refractivity contribution in [2.75, 3.05) is 11.9 Å². The van der Waals surface area contributed by atoms with E-state index in [0.717, 1.165) is 4.90 Å². The molecule has 0 aromatic heterocycles. The number of hydrogen-bond donors (Lipinski definition) is 7. The quantitative estimate of drug-likeness (QED) is 0.0543. The molecule has 2 heterocycles. The number of aliphatic carboxylic acids is 1. The first-order valence-electron chi connectivity index (χ1n) is 17.9. The van der Waals surface area contributed by atoms with E-state index in [4.69, 9.17) is 9.47 Å². The minimum Gasteiger partial charge on any atom is -0.479 e. The maximum atomic E-state index is 13.2. The van der Waals surface area contributed by atoms with Crippen LogP contribution in [0.3, 0.4) is 0 Å². The van der Waals surface area contributed by atoms with Gasteiger partial charge in [0.25, 0.3) is 11.8 Å². The van der Waals surface area contributed by atoms with Crippen molar-refractivity contribution in [1.29, 1.82) is 0 Å². The number of unbranched alkanes of at least 4 members (excludes halogenated alkanes) is 2. The Morgan fingerprint density at radius 3 is 2.16 bits per heavy atom. The average molecular weight is 771 g/mol. The van der Waals surface area contributed by atoms with Crippen LogP contribution in [0.5, 0.6) is 0 Å². The van der Waals surface area contributed by atoms with Gasteiger partial charge in [-0.1, -0.05) is 38.2 Å². The van der Waals surface area contributed by atoms with Crippen LogP contribution in [0.2, 0.25) is 0 Å². The lowest BCUT2D eigenvalue weighted by atomic mass is 9.94. The lowest BCUT2D eigenvalue weighted by molar-refractivity contribution is -0.215. The smallest absolute Gasteiger partial charge is 0.335 e. The molecular formula is C38H50N4O13. The molecule has 1 aromatic rings. The topological polar surface area (TPSA) is 258 Å². The molecule has 55 heavy (non-hydrogen) atoms. The van der Waals surface area contributed by atoms with E-state index in [-0.39, 0.29) is 54.5 Å². The number of carbonyl (C=O) groups is 7. The highest BCUT2D eigenvalue weighted by molar-refractivity contribution is 6.12. The molecule has 2 aliphatic rings. The Morgan fingerprint density at radius 2 is 1.56 bits per heavy atom. The highest BCUT2D eigenvalue weighted by atomic mass is 16.6. The number of imide groups is 1. The lowest BCUT2D eigenvalue weighted by Gasteiger charge is -2.36. The van der Waals surface area contributed by atoms with Crippen molar-refractivity contribution in [3.05, 3.63) is 41.5 Å². The van der Waals surface area contributed by atoms with Gasteiger partial charge in [0.15, 0.2) is 6.10 Å². The van der Waals surface area contributed by atoms with Crippen LogP contribution in [-0.2, 0) is 49.6 Å². The van der Waals surface area contributed by atoms with Gasteiger partial charge in [-0.05, 0) is 58.6 Å². The third-order valence-electron chi connectivity index (χ3n) is 8.76. The van der Waals surface area contributed by atoms with E-state index in [1.54, 1.807) is 34.6 Å². The first-order chi connectivity index (χ1) is 25.7. The van der Waals surface area contributed by atoms with Crippen molar-refractivity contribution in [3.8, 4) is 11.8 Å². The molecule has 0 bridgehead atoms. The molecule has 1 fully saturated rings. The molecule has 0 unspecified atom stereocenters. The fraction of sp³-hybridized carbons (Fsp3) is 0.553. The van der Waals surface area contributed by atoms with Gasteiger partial charge in [-0.25, -0.2) is 4.79 Å². The predicted octanol–water partition coefficient (Wildman–Crippen LogP) is 0.132. The van der Waals surface area contributed by atoms with Crippen LogP contribution >= 0.6 is 0 Å². The first-order valence-corrected chi connectivity index (χ1v) is 17.9. The number of benzene rings is 1. The summed E-state index contributed by atoms with van der Waals surface area (Å²) in [5.41, 5.74) is -0.0701. The molecule has 0 saturated carbocycles. The number of ether oxygens (including phenoxy) is 2. The summed E-state index contributed by atoms with van der Waals surface area (Å²) in [6.45, 7) is 9.92. The van der Waals surface area contributed by atoms with Gasteiger partial charge in [0.1, 0.15) is 43.1 Å². The van der Waals surface area contributed by atoms with Gasteiger partial charge < -0.3 is 45.9 Å². The number of carbonyl (C=O) groups excluding carboxylic acids is 6. The molecule has 1 saturated heterocycles. The van der Waals surface area contributed by atoms with Crippen molar-refractivity contribution >= 4 is 47.2 Å². The molecule has 7 atom stereocenters. The second-order valence-corrected chi connectivity index (χ2v) is 14.7. The Hall–Kier alpha value is -5.15. The van der Waals surface area contributed by atoms with Crippen molar-refractivity contribution in [2.45, 2.75) is 116 Å². The molecule has 0 spiro atoms. The highest BCUT2D eigenvalue weighted by Crippen LogP contribution is 2.23. The number of esters is 1. The number of nitrogens with zero attached hydrogens (tertiary/aromatic N) is 1. The van der Waals surface area contributed by atoms with Crippen LogP contribution in [-0.4, -0.2) is 116 Å². The molecule has 0 aliphatic carbocycles. The summed E-state index contributed by atoms with van der Waals surface area (Å²) in [5.74, 6) is 0.520. The minimum absolute atomic E-state index is 0.109. The lowest BCUT2D eigenvalue weighted by Crippen LogP contribution is -2.59. The number of anilines is 1. The Morgan fingerprint density at radius 1 is 0.909 bits per heavy atom. The molecule has 3 rings (SSSR count). The molecule has 300 valence electrons. The second kappa shape index (κ2) is 19.4. The summed E-state index contributed by atoms with van der Waals surface area (Å²) < 4.78 is 10.7. The van der Waals surface area contributed by atoms with Crippen molar-refractivity contribution in [1.82, 2.24) is 15.5 Å². The zero-order valence-corrected chi connectivity index (χ0v) is 31.7. The standard InChI is InChI=1S/C38H50N4O13/c1-20(2)29(41-26(43)10-8-7-9-17-42-27(44)15-16-28(42)45)35(50)39-21(3)34(49)40-24-13-11-23(19-54-37(53)38(4,5)6)22(18-24)12-14-25-30(46)31(47)32(48)33(55-25)36(51)52/h11,13,15-16,18,20-21,25,29-33,46-48H,7-10,17,19H2,1-6H3,(H,39,50)(H,40,49)(H,41,43)(H,51,52)/t21-,25-,29-,30-,31+,32-,33-/m0/s1. The van der Waals surface area contributed by atoms with Crippen LogP contribution in [0, 0.1) is 23.2 Å². The number of amides is 5. The van der Waals surface area contributed by atoms with E-state index in [2.05, 4.69) is 27.8 Å². The number of nitrogens with one attached hydrogen (secondary N) is 3. The summed E-state index contributed by atoms with van der Waals surface area (Å²) >= 11 is 0. The normalized spacial score (nSPS) is 22.0. The van der Waals surface area contributed by atoms with Crippen molar-refractivity contribution < 1.29 is 63.5 Å². The summed E-state index contributed by atoms with van der Waals surface area (Å²) in [4.78, 5) is 87.5. The van der Waals surface area contributed by atoms with Gasteiger partial charge in [-0.15, -0.1) is 0 Å². The number of carboxylic acids is 1. The van der Waals surface area contributed by atoms with Crippen LogP contribution in [0.4, 0.5) is 5.69 Å². The number of hydrogen-bond acceptors (Lipinski definition) is 12. The van der Waals surface area contributed by atoms with Crippen molar-refractivity contribution in [2.24, 2.45) is 11.3 Å². The molecule has 17 heteroatoms. The van der Waals surface area contributed by atoms with E-state index in [0.29, 0.717) is 24.8 Å². The molecule has 7 N–H and O–H groups in total. The van der Waals surface area contributed by atoms with E-state index in [1.165, 1.54) is 37.3 Å². The minimum atomic E-state index is -1.91. The van der Waals surface area contributed by atoms with E-state index >= 15 is 0 Å². The second-order valence-electron chi connectivity index (χ2n) is 14.7. The third-order valence-corrected chi connectivity index (χ3v) is 8.76. The molecule has 0 radical (unpaired) electrons. The SMILES string of the molecule is CC(C)[C@H](NC(=O)CCCCCN1C(=O)C=CC1=O)C(=O)N[C@@H](C)C(=O)Nc1ccc(COC(=O)C(C)(C)C)c(C#C[C@@H]2O[C@H](C(=O)O)[C@@H](O)[C@H](O)[C@H]2O)c1. The van der Waals surface area contributed by atoms with E-state index < -0.39 is 71.8 Å². The van der Waals surface area contributed by atoms with Gasteiger partial charge in [0.05, 0.1) is 5.41 Å². The molecular weight excluding hydrogens is 720 g/mol. The van der Waals surface area contributed by atoms with Crippen LogP contribution in [0.15, 0.2) is 30.4 Å². The summed E-state index contributed by atoms with van der Waals surface area (Å²) in [6, 6.07) is 2.40. The molecule has 1 aromatic carbocycles. The Balaban J connectivity index is 1.66. The highest BCUT2D eigenvalue weighted by Gasteiger charge is 2.46. The third kappa shape index (κ3) is 12.4. The van der Waals surface area contributed by atoms with Gasteiger partial charge in [0.2, 0.25) is 17.7 Å². The number of carboxylic acid groups (broad SMARTS) is 1. The predicted molar refractivity (Wildman–Crippen MR) is 194 cm³/mol. The zero-order valence-electron chi connectivity index (χ0n) is 31.7. The van der Waals surface area contributed by atoms with Gasteiger partial charge in [-0.2, -0.15) is 0 Å². The average Bonchev–Trinajstić information content (AvgIpc) is 3.43. The first kappa shape index (κ1) is 44.2. The van der Waals surface area contributed by atoms with Crippen molar-refractivity contribution in [3.63, 3.8) is 0 Å². The van der Waals surface area contributed by atoms with Crippen LogP contribution in [0.25, 0.3) is 0 Å². The maximum absolute atomic E-state index is 13.2. The number of rotatable bonds is 15. The van der Waals surface area contributed by atoms with Gasteiger partial charge >= 0.3 is 11.9 Å². The zero-order chi connectivity index (χ0) is 41.2. The Kier molecular flexibility index (Phi) is 15.6. The fourth-order valence-corrected chi connectivity index (χ4v) is 5.39.